The zero-order valence-corrected chi connectivity index (χ0v) is 10.2. The van der Waals surface area contributed by atoms with Gasteiger partial charge in [0, 0.05) is 18.4 Å². The van der Waals surface area contributed by atoms with Crippen LogP contribution < -0.4 is 9.47 Å². The maximum atomic E-state index is 11.8. The molecule has 2 atom stereocenters. The molecule has 0 spiro atoms. The van der Waals surface area contributed by atoms with Crippen LogP contribution in [0, 0.1) is 5.92 Å². The molecule has 3 rings (SSSR count). The van der Waals surface area contributed by atoms with Gasteiger partial charge in [-0.3, -0.25) is 4.79 Å². The number of carbonyl (C=O) groups excluding carboxylic acids is 1. The zero-order chi connectivity index (χ0) is 12.0. The van der Waals surface area contributed by atoms with Crippen molar-refractivity contribution >= 4 is 5.78 Å². The second-order valence-electron chi connectivity index (χ2n) is 4.90. The van der Waals surface area contributed by atoms with E-state index < -0.39 is 0 Å². The number of hydrogen-bond acceptors (Lipinski definition) is 3. The first-order valence-corrected chi connectivity index (χ1v) is 6.00. The number of hydrogen-bond donors (Lipinski definition) is 0. The van der Waals surface area contributed by atoms with E-state index in [1.54, 1.807) is 14.2 Å². The number of methoxy groups -OCH3 is 2. The van der Waals surface area contributed by atoms with Gasteiger partial charge in [0.05, 0.1) is 14.2 Å². The topological polar surface area (TPSA) is 35.5 Å². The summed E-state index contributed by atoms with van der Waals surface area (Å²) in [6.45, 7) is 0. The molecule has 1 aromatic carbocycles. The van der Waals surface area contributed by atoms with Crippen LogP contribution in [0.3, 0.4) is 0 Å². The van der Waals surface area contributed by atoms with Crippen molar-refractivity contribution in [3.63, 3.8) is 0 Å². The average Bonchev–Trinajstić information content (AvgIpc) is 2.65. The molecular weight excluding hydrogens is 216 g/mol. The van der Waals surface area contributed by atoms with Gasteiger partial charge in [-0.05, 0) is 36.0 Å². The second-order valence-corrected chi connectivity index (χ2v) is 4.90. The zero-order valence-electron chi connectivity index (χ0n) is 10.2. The van der Waals surface area contributed by atoms with E-state index in [1.165, 1.54) is 11.1 Å². The Morgan fingerprint density at radius 1 is 1.12 bits per heavy atom. The van der Waals surface area contributed by atoms with Crippen LogP contribution in [0.2, 0.25) is 0 Å². The highest BCUT2D eigenvalue weighted by atomic mass is 16.5. The van der Waals surface area contributed by atoms with Crippen LogP contribution in [0.15, 0.2) is 12.1 Å². The first-order valence-electron chi connectivity index (χ1n) is 6.00. The smallest absolute Gasteiger partial charge is 0.136 e. The Morgan fingerprint density at radius 3 is 2.65 bits per heavy atom. The maximum absolute atomic E-state index is 11.8. The molecule has 1 saturated carbocycles. The van der Waals surface area contributed by atoms with E-state index in [9.17, 15) is 4.79 Å². The predicted octanol–water partition coefficient (Wildman–Crippen LogP) is 2.32. The van der Waals surface area contributed by atoms with Crippen LogP contribution in [-0.4, -0.2) is 20.0 Å². The molecular formula is C14H16O3. The van der Waals surface area contributed by atoms with Crippen molar-refractivity contribution in [2.75, 3.05) is 14.2 Å². The normalized spacial score (nSPS) is 25.6. The van der Waals surface area contributed by atoms with E-state index in [4.69, 9.17) is 9.47 Å². The number of benzene rings is 1. The first kappa shape index (κ1) is 10.6. The SMILES string of the molecule is COc1cc(OC)c2c(c1)C1CC(=O)C(C2)C1. The van der Waals surface area contributed by atoms with Crippen LogP contribution in [0.4, 0.5) is 0 Å². The Balaban J connectivity index is 2.13. The average molecular weight is 232 g/mol. The Kier molecular flexibility index (Phi) is 2.35. The van der Waals surface area contributed by atoms with Crippen molar-refractivity contribution in [3.05, 3.63) is 23.3 Å². The fourth-order valence-corrected chi connectivity index (χ4v) is 3.17. The molecule has 17 heavy (non-hydrogen) atoms. The van der Waals surface area contributed by atoms with Gasteiger partial charge in [0.25, 0.3) is 0 Å². The lowest BCUT2D eigenvalue weighted by Gasteiger charge is -2.24. The van der Waals surface area contributed by atoms with Gasteiger partial charge in [-0.1, -0.05) is 0 Å². The highest BCUT2D eigenvalue weighted by molar-refractivity contribution is 5.86. The van der Waals surface area contributed by atoms with E-state index in [2.05, 4.69) is 6.07 Å². The summed E-state index contributed by atoms with van der Waals surface area (Å²) in [5.41, 5.74) is 2.46. The van der Waals surface area contributed by atoms with Crippen LogP contribution in [0.5, 0.6) is 11.5 Å². The molecule has 0 aliphatic heterocycles. The molecule has 0 amide bonds. The monoisotopic (exact) mass is 232 g/mol. The van der Waals surface area contributed by atoms with Crippen LogP contribution in [0.1, 0.15) is 29.9 Å². The van der Waals surface area contributed by atoms with Gasteiger partial charge in [-0.15, -0.1) is 0 Å². The standard InChI is InChI=1S/C14H16O3/c1-16-10-6-11-8-3-9(13(15)5-8)4-12(11)14(7-10)17-2/h6-9H,3-5H2,1-2H3. The van der Waals surface area contributed by atoms with E-state index >= 15 is 0 Å². The number of fused-ring (bicyclic) bond motifs is 4. The lowest BCUT2D eigenvalue weighted by Crippen LogP contribution is -2.14. The molecule has 0 N–H and O–H groups in total. The third kappa shape index (κ3) is 1.53. The lowest BCUT2D eigenvalue weighted by molar-refractivity contribution is -0.120. The molecule has 0 aromatic heterocycles. The number of ether oxygens (including phenoxy) is 2. The second kappa shape index (κ2) is 3.76. The van der Waals surface area contributed by atoms with Gasteiger partial charge in [-0.2, -0.15) is 0 Å². The highest BCUT2D eigenvalue weighted by Gasteiger charge is 2.40. The van der Waals surface area contributed by atoms with Crippen LogP contribution in [0.25, 0.3) is 0 Å². The quantitative estimate of drug-likeness (QED) is 0.785. The molecule has 3 heteroatoms. The van der Waals surface area contributed by atoms with Gasteiger partial charge < -0.3 is 9.47 Å². The molecule has 0 saturated heterocycles. The molecule has 2 aliphatic carbocycles. The molecule has 2 aliphatic rings. The van der Waals surface area contributed by atoms with Gasteiger partial charge in [0.1, 0.15) is 17.3 Å². The van der Waals surface area contributed by atoms with Gasteiger partial charge in [0.2, 0.25) is 0 Å². The van der Waals surface area contributed by atoms with Crippen molar-refractivity contribution < 1.29 is 14.3 Å². The Bertz CT molecular complexity index is 479. The summed E-state index contributed by atoms with van der Waals surface area (Å²) in [6.07, 6.45) is 2.52. The summed E-state index contributed by atoms with van der Waals surface area (Å²) < 4.78 is 10.7. The van der Waals surface area contributed by atoms with Gasteiger partial charge >= 0.3 is 0 Å². The summed E-state index contributed by atoms with van der Waals surface area (Å²) in [6, 6.07) is 3.98. The highest BCUT2D eigenvalue weighted by Crippen LogP contribution is 2.48. The maximum Gasteiger partial charge on any atom is 0.136 e. The van der Waals surface area contributed by atoms with Crippen molar-refractivity contribution in [2.24, 2.45) is 5.92 Å². The summed E-state index contributed by atoms with van der Waals surface area (Å²) >= 11 is 0. The molecule has 3 nitrogen and oxygen atoms in total. The number of ketones is 1. The van der Waals surface area contributed by atoms with E-state index in [-0.39, 0.29) is 5.92 Å². The van der Waals surface area contributed by atoms with E-state index in [0.29, 0.717) is 18.1 Å². The number of rotatable bonds is 2. The molecule has 2 unspecified atom stereocenters. The molecule has 1 aromatic rings. The third-order valence-corrected chi connectivity index (χ3v) is 4.03. The summed E-state index contributed by atoms with van der Waals surface area (Å²) in [7, 11) is 3.33. The summed E-state index contributed by atoms with van der Waals surface area (Å²) in [5.74, 6) is 2.68. The van der Waals surface area contributed by atoms with Crippen molar-refractivity contribution in [3.8, 4) is 11.5 Å². The number of carbonyl (C=O) groups is 1. The minimum absolute atomic E-state index is 0.217. The minimum atomic E-state index is 0.217. The Labute approximate surface area is 101 Å². The summed E-state index contributed by atoms with van der Waals surface area (Å²) in [4.78, 5) is 11.8. The molecule has 0 radical (unpaired) electrons. The third-order valence-electron chi connectivity index (χ3n) is 4.03. The molecule has 0 heterocycles. The fourth-order valence-electron chi connectivity index (χ4n) is 3.17. The van der Waals surface area contributed by atoms with E-state index in [1.807, 2.05) is 6.07 Å². The van der Waals surface area contributed by atoms with Crippen LogP contribution >= 0.6 is 0 Å². The Morgan fingerprint density at radius 2 is 1.94 bits per heavy atom. The molecule has 2 bridgehead atoms. The predicted molar refractivity (Wildman–Crippen MR) is 63.7 cm³/mol. The van der Waals surface area contributed by atoms with Crippen molar-refractivity contribution in [2.45, 2.75) is 25.2 Å². The Hall–Kier alpha value is -1.51. The first-order chi connectivity index (χ1) is 8.22. The van der Waals surface area contributed by atoms with Crippen LogP contribution in [-0.2, 0) is 11.2 Å². The van der Waals surface area contributed by atoms with Gasteiger partial charge in [-0.25, -0.2) is 0 Å². The lowest BCUT2D eigenvalue weighted by atomic mass is 9.82. The molecule has 90 valence electrons. The fraction of sp³-hybridized carbons (Fsp3) is 0.500. The van der Waals surface area contributed by atoms with Crippen molar-refractivity contribution in [1.29, 1.82) is 0 Å². The number of Topliss-reactive ketones (excluding diaryl/α,β-unsaturated/α-hetero) is 1. The molecule has 1 fully saturated rings. The van der Waals surface area contributed by atoms with E-state index in [0.717, 1.165) is 24.3 Å². The largest absolute Gasteiger partial charge is 0.497 e. The summed E-state index contributed by atoms with van der Waals surface area (Å²) in [5, 5.41) is 0. The minimum Gasteiger partial charge on any atom is -0.497 e. The van der Waals surface area contributed by atoms with Crippen molar-refractivity contribution in [1.82, 2.24) is 0 Å². The van der Waals surface area contributed by atoms with Gasteiger partial charge in [0.15, 0.2) is 0 Å².